The number of hydrogen-bond donors (Lipinski definition) is 0. The molecule has 0 heterocycles. The average Bonchev–Trinajstić information content (AvgIpc) is 2.46. The molecule has 0 aliphatic rings. The fourth-order valence-electron chi connectivity index (χ4n) is 1.87. The lowest BCUT2D eigenvalue weighted by molar-refractivity contribution is 1.48. The van der Waals surface area contributed by atoms with Crippen molar-refractivity contribution in [3.05, 3.63) is 65.3 Å². The van der Waals surface area contributed by atoms with Gasteiger partial charge in [0.15, 0.2) is 0 Å². The molecule has 0 amide bonds. The molecule has 0 fully saturated rings. The Kier molecular flexibility index (Phi) is 6.08. The van der Waals surface area contributed by atoms with Crippen molar-refractivity contribution in [1.29, 1.82) is 0 Å². The molecule has 0 bridgehead atoms. The Morgan fingerprint density at radius 1 is 1.05 bits per heavy atom. The molecule has 0 aliphatic carbocycles. The van der Waals surface area contributed by atoms with Gasteiger partial charge in [-0.05, 0) is 37.1 Å². The molecule has 0 spiro atoms. The number of benzene rings is 2. The van der Waals surface area contributed by atoms with Gasteiger partial charge in [-0.15, -0.1) is 0 Å². The van der Waals surface area contributed by atoms with Gasteiger partial charge in [0.1, 0.15) is 0 Å². The molecule has 2 rings (SSSR count). The molecule has 100 valence electrons. The zero-order valence-corrected chi connectivity index (χ0v) is 12.7. The predicted octanol–water partition coefficient (Wildman–Crippen LogP) is 6.15. The van der Waals surface area contributed by atoms with E-state index in [1.807, 2.05) is 13.8 Å². The quantitative estimate of drug-likeness (QED) is 0.562. The largest absolute Gasteiger partial charge is 0.0847 e. The molecule has 19 heavy (non-hydrogen) atoms. The summed E-state index contributed by atoms with van der Waals surface area (Å²) in [6.45, 7) is 10.3. The first-order valence-corrected chi connectivity index (χ1v) is 7.01. The molecule has 0 heteroatoms. The predicted molar refractivity (Wildman–Crippen MR) is 88.5 cm³/mol. The van der Waals surface area contributed by atoms with Gasteiger partial charge in [-0.25, -0.2) is 0 Å². The number of rotatable bonds is 2. The minimum absolute atomic E-state index is 1.28. The van der Waals surface area contributed by atoms with Crippen molar-refractivity contribution in [2.24, 2.45) is 0 Å². The van der Waals surface area contributed by atoms with E-state index >= 15 is 0 Å². The maximum Gasteiger partial charge on any atom is -0.0109 e. The lowest BCUT2D eigenvalue weighted by Gasteiger charge is -2.03. The summed E-state index contributed by atoms with van der Waals surface area (Å²) in [5.74, 6) is 0. The molecule has 0 N–H and O–H groups in total. The Bertz CT molecular complexity index is 586. The highest BCUT2D eigenvalue weighted by molar-refractivity contribution is 5.91. The van der Waals surface area contributed by atoms with Gasteiger partial charge in [-0.1, -0.05) is 79.6 Å². The molecule has 0 saturated carbocycles. The van der Waals surface area contributed by atoms with E-state index < -0.39 is 0 Å². The third-order valence-electron chi connectivity index (χ3n) is 3.05. The first-order valence-electron chi connectivity index (χ1n) is 7.01. The molecule has 0 radical (unpaired) electrons. The average molecular weight is 252 g/mol. The minimum atomic E-state index is 1.28. The number of fused-ring (bicyclic) bond motifs is 1. The molecule has 0 aromatic heterocycles. The SMILES string of the molecule is C/C=C(C)/C=C\c1cccc2ccc(C)cc12.CC. The van der Waals surface area contributed by atoms with Crippen molar-refractivity contribution < 1.29 is 0 Å². The van der Waals surface area contributed by atoms with Crippen molar-refractivity contribution in [2.75, 3.05) is 0 Å². The molecule has 0 saturated heterocycles. The summed E-state index contributed by atoms with van der Waals surface area (Å²) >= 11 is 0. The lowest BCUT2D eigenvalue weighted by atomic mass is 10.0. The van der Waals surface area contributed by atoms with Crippen molar-refractivity contribution in [1.82, 2.24) is 0 Å². The van der Waals surface area contributed by atoms with E-state index in [1.165, 1.54) is 27.5 Å². The van der Waals surface area contributed by atoms with Crippen LogP contribution in [0.5, 0.6) is 0 Å². The van der Waals surface area contributed by atoms with Crippen LogP contribution in [0, 0.1) is 6.92 Å². The maximum atomic E-state index is 2.25. The fraction of sp³-hybridized carbons (Fsp3) is 0.263. The van der Waals surface area contributed by atoms with Crippen molar-refractivity contribution in [3.63, 3.8) is 0 Å². The second kappa shape index (κ2) is 7.58. The standard InChI is InChI=1S/C17H18.C2H6/c1-4-13(2)8-10-15-6-5-7-16-11-9-14(3)12-17(15)16;1-2/h4-12H,1-3H3;1-2H3/b10-8-,13-4+;. The highest BCUT2D eigenvalue weighted by atomic mass is 14.0. The normalized spacial score (nSPS) is 11.5. The summed E-state index contributed by atoms with van der Waals surface area (Å²) in [5, 5.41) is 2.63. The van der Waals surface area contributed by atoms with Crippen LogP contribution in [0.3, 0.4) is 0 Å². The van der Waals surface area contributed by atoms with Crippen LogP contribution >= 0.6 is 0 Å². The van der Waals surface area contributed by atoms with Crippen molar-refractivity contribution >= 4 is 16.8 Å². The zero-order valence-electron chi connectivity index (χ0n) is 12.7. The van der Waals surface area contributed by atoms with Gasteiger partial charge in [-0.3, -0.25) is 0 Å². The smallest absolute Gasteiger partial charge is 0.0109 e. The third kappa shape index (κ3) is 4.10. The van der Waals surface area contributed by atoms with Crippen LogP contribution in [-0.2, 0) is 0 Å². The van der Waals surface area contributed by atoms with Gasteiger partial charge >= 0.3 is 0 Å². The van der Waals surface area contributed by atoms with Crippen LogP contribution < -0.4 is 0 Å². The highest BCUT2D eigenvalue weighted by Gasteiger charge is 1.97. The van der Waals surface area contributed by atoms with E-state index in [1.54, 1.807) is 0 Å². The van der Waals surface area contributed by atoms with Crippen LogP contribution in [0.15, 0.2) is 54.1 Å². The second-order valence-electron chi connectivity index (χ2n) is 4.44. The summed E-state index contributed by atoms with van der Waals surface area (Å²) in [6.07, 6.45) is 6.47. The molecule has 0 nitrogen and oxygen atoms in total. The van der Waals surface area contributed by atoms with Gasteiger partial charge in [0, 0.05) is 0 Å². The molecular weight excluding hydrogens is 228 g/mol. The van der Waals surface area contributed by atoms with Crippen LogP contribution in [0.4, 0.5) is 0 Å². The Labute approximate surface area is 117 Å². The van der Waals surface area contributed by atoms with Crippen LogP contribution in [0.1, 0.15) is 38.8 Å². The fourth-order valence-corrected chi connectivity index (χ4v) is 1.87. The van der Waals surface area contributed by atoms with Gasteiger partial charge < -0.3 is 0 Å². The molecule has 0 atom stereocenters. The summed E-state index contributed by atoms with van der Waals surface area (Å²) < 4.78 is 0. The summed E-state index contributed by atoms with van der Waals surface area (Å²) in [4.78, 5) is 0. The van der Waals surface area contributed by atoms with Crippen molar-refractivity contribution in [3.8, 4) is 0 Å². The Hall–Kier alpha value is -1.82. The molecule has 0 aliphatic heterocycles. The van der Waals surface area contributed by atoms with Crippen molar-refractivity contribution in [2.45, 2.75) is 34.6 Å². The monoisotopic (exact) mass is 252 g/mol. The molecule has 2 aromatic rings. The number of allylic oxidation sites excluding steroid dienone is 3. The lowest BCUT2D eigenvalue weighted by Crippen LogP contribution is -1.80. The Balaban J connectivity index is 0.000000861. The van der Waals surface area contributed by atoms with Gasteiger partial charge in [0.05, 0.1) is 0 Å². The van der Waals surface area contributed by atoms with Gasteiger partial charge in [-0.2, -0.15) is 0 Å². The summed E-state index contributed by atoms with van der Waals surface area (Å²) in [5.41, 5.74) is 3.88. The van der Waals surface area contributed by atoms with E-state index in [0.717, 1.165) is 0 Å². The number of hydrogen-bond acceptors (Lipinski definition) is 0. The molecule has 2 aromatic carbocycles. The first kappa shape index (κ1) is 15.2. The Morgan fingerprint density at radius 2 is 1.79 bits per heavy atom. The molecule has 0 unspecified atom stereocenters. The van der Waals surface area contributed by atoms with E-state index in [9.17, 15) is 0 Å². The first-order chi connectivity index (χ1) is 9.20. The maximum absolute atomic E-state index is 2.25. The molecular formula is C19H24. The summed E-state index contributed by atoms with van der Waals surface area (Å²) in [7, 11) is 0. The van der Waals surface area contributed by atoms with E-state index in [2.05, 4.69) is 75.4 Å². The Morgan fingerprint density at radius 3 is 2.47 bits per heavy atom. The number of aryl methyl sites for hydroxylation is 1. The van der Waals surface area contributed by atoms with Gasteiger partial charge in [0.2, 0.25) is 0 Å². The summed E-state index contributed by atoms with van der Waals surface area (Å²) in [6, 6.07) is 13.0. The minimum Gasteiger partial charge on any atom is -0.0847 e. The zero-order chi connectivity index (χ0) is 14.3. The van der Waals surface area contributed by atoms with E-state index in [4.69, 9.17) is 0 Å². The second-order valence-corrected chi connectivity index (χ2v) is 4.44. The van der Waals surface area contributed by atoms with Gasteiger partial charge in [0.25, 0.3) is 0 Å². The van der Waals surface area contributed by atoms with E-state index in [0.29, 0.717) is 0 Å². The van der Waals surface area contributed by atoms with E-state index in [-0.39, 0.29) is 0 Å². The highest BCUT2D eigenvalue weighted by Crippen LogP contribution is 2.21. The van der Waals surface area contributed by atoms with Crippen LogP contribution in [0.2, 0.25) is 0 Å². The third-order valence-corrected chi connectivity index (χ3v) is 3.05. The van der Waals surface area contributed by atoms with Crippen LogP contribution in [0.25, 0.3) is 16.8 Å². The van der Waals surface area contributed by atoms with Crippen LogP contribution in [-0.4, -0.2) is 0 Å². The topological polar surface area (TPSA) is 0 Å².